The summed E-state index contributed by atoms with van der Waals surface area (Å²) in [4.78, 5) is 0. The molecule has 0 spiro atoms. The van der Waals surface area contributed by atoms with Gasteiger partial charge in [0.05, 0.1) is 16.7 Å². The summed E-state index contributed by atoms with van der Waals surface area (Å²) in [5.41, 5.74) is 8.60. The highest BCUT2D eigenvalue weighted by atomic mass is 15.0. The van der Waals surface area contributed by atoms with Gasteiger partial charge >= 0.3 is 0 Å². The van der Waals surface area contributed by atoms with Crippen LogP contribution in [0.15, 0.2) is 164 Å². The van der Waals surface area contributed by atoms with Crippen LogP contribution in [0, 0.1) is 0 Å². The summed E-state index contributed by atoms with van der Waals surface area (Å²) in [6.45, 7) is 0. The first-order chi connectivity index (χ1) is 21.3. The van der Waals surface area contributed by atoms with Gasteiger partial charge in [0.25, 0.3) is 0 Å². The third-order valence-corrected chi connectivity index (χ3v) is 8.96. The maximum absolute atomic E-state index is 2.43. The minimum absolute atomic E-state index is 1.21. The predicted molar refractivity (Wildman–Crippen MR) is 184 cm³/mol. The highest BCUT2D eigenvalue weighted by Crippen LogP contribution is 2.39. The summed E-state index contributed by atoms with van der Waals surface area (Å²) in [6.07, 6.45) is 0. The molecule has 0 amide bonds. The van der Waals surface area contributed by atoms with E-state index in [1.807, 2.05) is 0 Å². The van der Waals surface area contributed by atoms with Crippen LogP contribution in [0.5, 0.6) is 0 Å². The molecule has 9 aromatic rings. The van der Waals surface area contributed by atoms with E-state index < -0.39 is 0 Å². The Hall–Kier alpha value is -5.66. The molecule has 1 aromatic heterocycles. The van der Waals surface area contributed by atoms with Gasteiger partial charge in [0, 0.05) is 16.2 Å². The van der Waals surface area contributed by atoms with E-state index >= 15 is 0 Å². The molecule has 1 heteroatoms. The molecule has 0 saturated carbocycles. The van der Waals surface area contributed by atoms with Gasteiger partial charge in [-0.05, 0) is 85.6 Å². The third-order valence-electron chi connectivity index (χ3n) is 8.96. The first-order valence-electron chi connectivity index (χ1n) is 14.9. The molecule has 1 nitrogen and oxygen atoms in total. The Morgan fingerprint density at radius 3 is 1.79 bits per heavy atom. The van der Waals surface area contributed by atoms with Gasteiger partial charge in [-0.15, -0.1) is 0 Å². The number of hydrogen-bond acceptors (Lipinski definition) is 0. The van der Waals surface area contributed by atoms with Crippen molar-refractivity contribution in [1.82, 2.24) is 4.57 Å². The average molecular weight is 546 g/mol. The van der Waals surface area contributed by atoms with E-state index in [4.69, 9.17) is 0 Å². The van der Waals surface area contributed by atoms with Gasteiger partial charge < -0.3 is 4.57 Å². The first kappa shape index (κ1) is 24.0. The summed E-state index contributed by atoms with van der Waals surface area (Å²) >= 11 is 0. The van der Waals surface area contributed by atoms with Gasteiger partial charge in [-0.1, -0.05) is 127 Å². The Labute approximate surface area is 249 Å². The lowest BCUT2D eigenvalue weighted by molar-refractivity contribution is 1.20. The molecule has 0 fully saturated rings. The Morgan fingerprint density at radius 2 is 0.907 bits per heavy atom. The van der Waals surface area contributed by atoms with Crippen LogP contribution in [0.1, 0.15) is 0 Å². The van der Waals surface area contributed by atoms with Crippen molar-refractivity contribution in [3.8, 4) is 27.9 Å². The Morgan fingerprint density at radius 1 is 0.302 bits per heavy atom. The number of fused-ring (bicyclic) bond motifs is 7. The minimum atomic E-state index is 1.21. The molecule has 1 heterocycles. The van der Waals surface area contributed by atoms with Crippen LogP contribution in [-0.2, 0) is 0 Å². The summed E-state index contributed by atoms with van der Waals surface area (Å²) in [6, 6.07) is 59.8. The molecule has 0 N–H and O–H groups in total. The third kappa shape index (κ3) is 3.72. The van der Waals surface area contributed by atoms with Gasteiger partial charge in [-0.2, -0.15) is 0 Å². The molecule has 8 aromatic carbocycles. The van der Waals surface area contributed by atoms with Crippen LogP contribution in [0.2, 0.25) is 0 Å². The summed E-state index contributed by atoms with van der Waals surface area (Å²) in [5.74, 6) is 0. The molecular formula is C42H27N. The standard InChI is InChI=1S/C42H27N/c1-4-17-34-28(11-1)13-10-22-40(34)43-41-21-8-7-20-37(41)39-26-30(23-24-42(39)43)29-14-9-15-31(25-29)38-27-32-12-2-3-16-33(32)35-18-5-6-19-36(35)38/h1-27H. The van der Waals surface area contributed by atoms with E-state index in [9.17, 15) is 0 Å². The fourth-order valence-electron chi connectivity index (χ4n) is 6.97. The highest BCUT2D eigenvalue weighted by Gasteiger charge is 2.15. The van der Waals surface area contributed by atoms with E-state index in [2.05, 4.69) is 168 Å². The van der Waals surface area contributed by atoms with Crippen molar-refractivity contribution in [1.29, 1.82) is 0 Å². The fraction of sp³-hybridized carbons (Fsp3) is 0. The predicted octanol–water partition coefficient (Wildman–Crippen LogP) is 11.6. The quantitative estimate of drug-likeness (QED) is 0.195. The summed E-state index contributed by atoms with van der Waals surface area (Å²) in [7, 11) is 0. The van der Waals surface area contributed by atoms with Crippen LogP contribution >= 0.6 is 0 Å². The topological polar surface area (TPSA) is 4.93 Å². The maximum Gasteiger partial charge on any atom is 0.0541 e. The Bertz CT molecular complexity index is 2510. The van der Waals surface area contributed by atoms with Crippen molar-refractivity contribution < 1.29 is 0 Å². The molecule has 0 aliphatic heterocycles. The van der Waals surface area contributed by atoms with Crippen LogP contribution in [0.25, 0.3) is 82.1 Å². The van der Waals surface area contributed by atoms with Gasteiger partial charge in [-0.25, -0.2) is 0 Å². The number of benzene rings is 8. The SMILES string of the molecule is c1cc(-c2ccc3c(c2)c2ccccc2n3-c2cccc3ccccc23)cc(-c2cc3ccccc3c3ccccc23)c1. The monoisotopic (exact) mass is 545 g/mol. The van der Waals surface area contributed by atoms with Gasteiger partial charge in [0.1, 0.15) is 0 Å². The van der Waals surface area contributed by atoms with Crippen LogP contribution < -0.4 is 0 Å². The van der Waals surface area contributed by atoms with Crippen molar-refractivity contribution in [2.45, 2.75) is 0 Å². The second kappa shape index (κ2) is 9.44. The lowest BCUT2D eigenvalue weighted by Crippen LogP contribution is -1.95. The molecule has 9 rings (SSSR count). The molecule has 200 valence electrons. The largest absolute Gasteiger partial charge is 0.309 e. The Kier molecular flexibility index (Phi) is 5.27. The van der Waals surface area contributed by atoms with Crippen LogP contribution in [0.4, 0.5) is 0 Å². The van der Waals surface area contributed by atoms with Gasteiger partial charge in [-0.3, -0.25) is 0 Å². The van der Waals surface area contributed by atoms with E-state index in [1.165, 1.54) is 82.1 Å². The van der Waals surface area contributed by atoms with Crippen molar-refractivity contribution in [2.24, 2.45) is 0 Å². The molecule has 0 aliphatic rings. The number of para-hydroxylation sites is 1. The normalized spacial score (nSPS) is 11.7. The molecule has 0 aliphatic carbocycles. The second-order valence-electron chi connectivity index (χ2n) is 11.4. The number of nitrogens with zero attached hydrogens (tertiary/aromatic N) is 1. The van der Waals surface area contributed by atoms with Gasteiger partial charge in [0.2, 0.25) is 0 Å². The zero-order chi connectivity index (χ0) is 28.3. The molecule has 0 atom stereocenters. The lowest BCUT2D eigenvalue weighted by Gasteiger charge is -2.13. The van der Waals surface area contributed by atoms with Crippen molar-refractivity contribution in [2.75, 3.05) is 0 Å². The summed E-state index contributed by atoms with van der Waals surface area (Å²) < 4.78 is 2.43. The van der Waals surface area contributed by atoms with Crippen molar-refractivity contribution in [3.63, 3.8) is 0 Å². The highest BCUT2D eigenvalue weighted by molar-refractivity contribution is 6.14. The number of hydrogen-bond donors (Lipinski definition) is 0. The first-order valence-corrected chi connectivity index (χ1v) is 14.9. The van der Waals surface area contributed by atoms with Gasteiger partial charge in [0.15, 0.2) is 0 Å². The van der Waals surface area contributed by atoms with Crippen molar-refractivity contribution in [3.05, 3.63) is 164 Å². The molecule has 0 bridgehead atoms. The number of aromatic nitrogens is 1. The number of rotatable bonds is 3. The molecule has 43 heavy (non-hydrogen) atoms. The van der Waals surface area contributed by atoms with E-state index in [0.717, 1.165) is 0 Å². The molecule has 0 unspecified atom stereocenters. The van der Waals surface area contributed by atoms with Crippen LogP contribution in [0.3, 0.4) is 0 Å². The molecule has 0 radical (unpaired) electrons. The average Bonchev–Trinajstić information content (AvgIpc) is 3.41. The lowest BCUT2D eigenvalue weighted by atomic mass is 9.91. The van der Waals surface area contributed by atoms with E-state index in [1.54, 1.807) is 0 Å². The summed E-state index contributed by atoms with van der Waals surface area (Å²) in [5, 5.41) is 10.2. The molecular weight excluding hydrogens is 518 g/mol. The Balaban J connectivity index is 1.25. The fourth-order valence-corrected chi connectivity index (χ4v) is 6.97. The minimum Gasteiger partial charge on any atom is -0.309 e. The van der Waals surface area contributed by atoms with E-state index in [0.29, 0.717) is 0 Å². The zero-order valence-electron chi connectivity index (χ0n) is 23.5. The van der Waals surface area contributed by atoms with E-state index in [-0.39, 0.29) is 0 Å². The smallest absolute Gasteiger partial charge is 0.0541 e. The van der Waals surface area contributed by atoms with Crippen LogP contribution in [-0.4, -0.2) is 4.57 Å². The second-order valence-corrected chi connectivity index (χ2v) is 11.4. The van der Waals surface area contributed by atoms with Crippen molar-refractivity contribution >= 4 is 54.1 Å². The maximum atomic E-state index is 2.43. The molecule has 0 saturated heterocycles. The zero-order valence-corrected chi connectivity index (χ0v) is 23.5.